The van der Waals surface area contributed by atoms with Crippen LogP contribution in [0.1, 0.15) is 31.5 Å². The normalized spacial score (nSPS) is 14.2. The molecule has 4 rings (SSSR count). The van der Waals surface area contributed by atoms with Gasteiger partial charge in [-0.15, -0.1) is 11.3 Å². The molecule has 28 heavy (non-hydrogen) atoms. The molecule has 7 heteroatoms. The lowest BCUT2D eigenvalue weighted by atomic mass is 10.1. The van der Waals surface area contributed by atoms with Crippen molar-refractivity contribution in [3.63, 3.8) is 0 Å². The fourth-order valence-corrected chi connectivity index (χ4v) is 4.61. The standard InChI is InChI=1S/C21H19N3O3S/c22-10-11-24-17(12-27-21(26)15-8-4-5-9-15)23-19-18(20(24)25)16(13-28-19)14-6-2-1-3-7-14/h1-3,6-7,13,15H,4-5,8-9,11-12H2. The third kappa shape index (κ3) is 3.43. The molecule has 0 unspecified atom stereocenters. The van der Waals surface area contributed by atoms with E-state index in [1.807, 2.05) is 41.8 Å². The Kier molecular flexibility index (Phi) is 5.22. The zero-order valence-corrected chi connectivity index (χ0v) is 16.1. The maximum Gasteiger partial charge on any atom is 0.309 e. The van der Waals surface area contributed by atoms with E-state index in [-0.39, 0.29) is 30.6 Å². The SMILES string of the molecule is N#CCn1c(COC(=O)C2CCCC2)nc2scc(-c3ccccc3)c2c1=O. The van der Waals surface area contributed by atoms with Crippen molar-refractivity contribution in [1.82, 2.24) is 9.55 Å². The first-order valence-corrected chi connectivity index (χ1v) is 10.2. The summed E-state index contributed by atoms with van der Waals surface area (Å²) in [6.45, 7) is -0.233. The minimum Gasteiger partial charge on any atom is -0.457 e. The predicted molar refractivity (Wildman–Crippen MR) is 107 cm³/mol. The van der Waals surface area contributed by atoms with Crippen molar-refractivity contribution in [2.45, 2.75) is 38.8 Å². The molecule has 1 saturated carbocycles. The Hall–Kier alpha value is -2.98. The van der Waals surface area contributed by atoms with Crippen molar-refractivity contribution in [1.29, 1.82) is 5.26 Å². The highest BCUT2D eigenvalue weighted by atomic mass is 32.1. The summed E-state index contributed by atoms with van der Waals surface area (Å²) in [5.41, 5.74) is 1.45. The van der Waals surface area contributed by atoms with E-state index in [0.29, 0.717) is 16.0 Å². The van der Waals surface area contributed by atoms with Crippen LogP contribution in [0.15, 0.2) is 40.5 Å². The van der Waals surface area contributed by atoms with E-state index >= 15 is 0 Å². The average Bonchev–Trinajstić information content (AvgIpc) is 3.39. The summed E-state index contributed by atoms with van der Waals surface area (Å²) in [6.07, 6.45) is 3.78. The van der Waals surface area contributed by atoms with Crippen molar-refractivity contribution >= 4 is 27.5 Å². The van der Waals surface area contributed by atoms with E-state index in [1.54, 1.807) is 0 Å². The zero-order valence-electron chi connectivity index (χ0n) is 15.3. The molecule has 142 valence electrons. The topological polar surface area (TPSA) is 85.0 Å². The fraction of sp³-hybridized carbons (Fsp3) is 0.333. The Morgan fingerprint density at radius 2 is 2.04 bits per heavy atom. The number of fused-ring (bicyclic) bond motifs is 1. The Bertz CT molecular complexity index is 1110. The Morgan fingerprint density at radius 3 is 2.75 bits per heavy atom. The van der Waals surface area contributed by atoms with Gasteiger partial charge < -0.3 is 4.74 Å². The van der Waals surface area contributed by atoms with E-state index in [0.717, 1.165) is 36.8 Å². The summed E-state index contributed by atoms with van der Waals surface area (Å²) < 4.78 is 6.74. The molecule has 0 amide bonds. The molecule has 1 fully saturated rings. The maximum atomic E-state index is 13.1. The molecule has 0 N–H and O–H groups in total. The number of benzene rings is 1. The molecular weight excluding hydrogens is 374 g/mol. The lowest BCUT2D eigenvalue weighted by molar-refractivity contribution is -0.150. The van der Waals surface area contributed by atoms with Crippen LogP contribution in [-0.4, -0.2) is 15.5 Å². The van der Waals surface area contributed by atoms with E-state index in [1.165, 1.54) is 15.9 Å². The lowest BCUT2D eigenvalue weighted by Crippen LogP contribution is -2.26. The molecule has 0 aliphatic heterocycles. The van der Waals surface area contributed by atoms with E-state index in [4.69, 9.17) is 4.74 Å². The van der Waals surface area contributed by atoms with Gasteiger partial charge in [-0.05, 0) is 18.4 Å². The van der Waals surface area contributed by atoms with Crippen LogP contribution < -0.4 is 5.56 Å². The number of esters is 1. The second-order valence-electron chi connectivity index (χ2n) is 6.86. The summed E-state index contributed by atoms with van der Waals surface area (Å²) in [5.74, 6) is 0.00431. The first-order valence-electron chi connectivity index (χ1n) is 9.29. The number of carbonyl (C=O) groups is 1. The third-order valence-corrected chi connectivity index (χ3v) is 5.99. The summed E-state index contributed by atoms with van der Waals surface area (Å²) in [7, 11) is 0. The summed E-state index contributed by atoms with van der Waals surface area (Å²) in [6, 6.07) is 11.6. The van der Waals surface area contributed by atoms with E-state index < -0.39 is 0 Å². The molecule has 0 bridgehead atoms. The monoisotopic (exact) mass is 393 g/mol. The Labute approximate surface area is 166 Å². The third-order valence-electron chi connectivity index (χ3n) is 5.12. The molecular formula is C21H19N3O3S. The number of carbonyl (C=O) groups excluding carboxylic acids is 1. The molecule has 6 nitrogen and oxygen atoms in total. The Balaban J connectivity index is 1.71. The van der Waals surface area contributed by atoms with Crippen LogP contribution >= 0.6 is 11.3 Å². The van der Waals surface area contributed by atoms with Crippen LogP contribution in [0.3, 0.4) is 0 Å². The van der Waals surface area contributed by atoms with Crippen LogP contribution in [-0.2, 0) is 22.7 Å². The number of rotatable bonds is 5. The van der Waals surface area contributed by atoms with Crippen LogP contribution in [0.25, 0.3) is 21.3 Å². The lowest BCUT2D eigenvalue weighted by Gasteiger charge is -2.12. The average molecular weight is 393 g/mol. The van der Waals surface area contributed by atoms with Gasteiger partial charge in [0, 0.05) is 10.9 Å². The predicted octanol–water partition coefficient (Wildman–Crippen LogP) is 3.88. The number of hydrogen-bond donors (Lipinski definition) is 0. The summed E-state index contributed by atoms with van der Waals surface area (Å²) in [5, 5.41) is 11.6. The van der Waals surface area contributed by atoms with Crippen molar-refractivity contribution in [3.05, 3.63) is 51.9 Å². The first-order chi connectivity index (χ1) is 13.7. The van der Waals surface area contributed by atoms with Crippen molar-refractivity contribution < 1.29 is 9.53 Å². The van der Waals surface area contributed by atoms with Gasteiger partial charge in [0.05, 0.1) is 17.4 Å². The second-order valence-corrected chi connectivity index (χ2v) is 7.72. The first kappa shape index (κ1) is 18.4. The van der Waals surface area contributed by atoms with E-state index in [9.17, 15) is 14.9 Å². The van der Waals surface area contributed by atoms with Crippen LogP contribution in [0.2, 0.25) is 0 Å². The Morgan fingerprint density at radius 1 is 1.29 bits per heavy atom. The molecule has 0 atom stereocenters. The minimum atomic E-state index is -0.279. The molecule has 0 saturated heterocycles. The molecule has 2 aromatic heterocycles. The summed E-state index contributed by atoms with van der Waals surface area (Å²) >= 11 is 1.38. The number of ether oxygens (including phenoxy) is 1. The van der Waals surface area contributed by atoms with Gasteiger partial charge in [-0.1, -0.05) is 43.2 Å². The largest absolute Gasteiger partial charge is 0.457 e. The van der Waals surface area contributed by atoms with E-state index in [2.05, 4.69) is 4.98 Å². The second kappa shape index (κ2) is 7.95. The highest BCUT2D eigenvalue weighted by molar-refractivity contribution is 7.17. The van der Waals surface area contributed by atoms with Gasteiger partial charge in [0.2, 0.25) is 0 Å². The van der Waals surface area contributed by atoms with Gasteiger partial charge in [0.25, 0.3) is 5.56 Å². The van der Waals surface area contributed by atoms with Gasteiger partial charge in [-0.2, -0.15) is 5.26 Å². The summed E-state index contributed by atoms with van der Waals surface area (Å²) in [4.78, 5) is 30.5. The highest BCUT2D eigenvalue weighted by Crippen LogP contribution is 2.31. The zero-order chi connectivity index (χ0) is 19.5. The van der Waals surface area contributed by atoms with Crippen molar-refractivity contribution in [3.8, 4) is 17.2 Å². The molecule has 1 aliphatic rings. The van der Waals surface area contributed by atoms with Crippen molar-refractivity contribution in [2.75, 3.05) is 0 Å². The molecule has 1 aromatic carbocycles. The van der Waals surface area contributed by atoms with Gasteiger partial charge in [0.15, 0.2) is 5.82 Å². The number of hydrogen-bond acceptors (Lipinski definition) is 6. The molecule has 3 aromatic rings. The maximum absolute atomic E-state index is 13.1. The van der Waals surface area contributed by atoms with Crippen LogP contribution in [0.5, 0.6) is 0 Å². The number of thiophene rings is 1. The number of aromatic nitrogens is 2. The van der Waals surface area contributed by atoms with Gasteiger partial charge in [0.1, 0.15) is 18.0 Å². The van der Waals surface area contributed by atoms with Crippen LogP contribution in [0.4, 0.5) is 0 Å². The van der Waals surface area contributed by atoms with Gasteiger partial charge in [-0.25, -0.2) is 4.98 Å². The number of nitriles is 1. The minimum absolute atomic E-state index is 0.0636. The molecule has 1 aliphatic carbocycles. The molecule has 2 heterocycles. The fourth-order valence-electron chi connectivity index (χ4n) is 3.66. The smallest absolute Gasteiger partial charge is 0.309 e. The van der Waals surface area contributed by atoms with Crippen molar-refractivity contribution in [2.24, 2.45) is 5.92 Å². The number of nitrogens with zero attached hydrogens (tertiary/aromatic N) is 3. The van der Waals surface area contributed by atoms with Gasteiger partial charge >= 0.3 is 5.97 Å². The van der Waals surface area contributed by atoms with Gasteiger partial charge in [-0.3, -0.25) is 14.2 Å². The van der Waals surface area contributed by atoms with Crippen LogP contribution in [0, 0.1) is 17.2 Å². The molecule has 0 radical (unpaired) electrons. The quantitative estimate of drug-likeness (QED) is 0.614. The molecule has 0 spiro atoms. The highest BCUT2D eigenvalue weighted by Gasteiger charge is 2.25.